The maximum atomic E-state index is 14.0. The quantitative estimate of drug-likeness (QED) is 0.823. The fourth-order valence-corrected chi connectivity index (χ4v) is 2.27. The van der Waals surface area contributed by atoms with Crippen LogP contribution < -0.4 is 5.32 Å². The molecule has 0 bridgehead atoms. The minimum absolute atomic E-state index is 0.207. The summed E-state index contributed by atoms with van der Waals surface area (Å²) in [7, 11) is 2.02. The summed E-state index contributed by atoms with van der Waals surface area (Å²) in [5, 5.41) is 3.24. The number of nitrogens with one attached hydrogen (secondary N) is 1. The molecule has 0 aliphatic carbocycles. The highest BCUT2D eigenvalue weighted by Gasteiger charge is 2.22. The molecule has 2 nitrogen and oxygen atoms in total. The molecule has 0 amide bonds. The standard InChI is InChI=1S/C16H26F2N2/c1-6-19-15(10-20(5)12(4)11(2)3)13-8-7-9-14(17)16(13)18/h7-9,11-12,15,19H,6,10H2,1-5H3. The van der Waals surface area contributed by atoms with Gasteiger partial charge in [-0.1, -0.05) is 32.9 Å². The van der Waals surface area contributed by atoms with Gasteiger partial charge in [0.05, 0.1) is 0 Å². The van der Waals surface area contributed by atoms with Gasteiger partial charge in [-0.15, -0.1) is 0 Å². The lowest BCUT2D eigenvalue weighted by Gasteiger charge is -2.32. The molecule has 0 saturated carbocycles. The van der Waals surface area contributed by atoms with E-state index >= 15 is 0 Å². The molecule has 2 atom stereocenters. The van der Waals surface area contributed by atoms with Gasteiger partial charge in [0.15, 0.2) is 11.6 Å². The lowest BCUT2D eigenvalue weighted by atomic mass is 10.0. The predicted octanol–water partition coefficient (Wildman–Crippen LogP) is 3.59. The molecule has 1 N–H and O–H groups in total. The second-order valence-corrected chi connectivity index (χ2v) is 5.68. The van der Waals surface area contributed by atoms with Gasteiger partial charge in [-0.05, 0) is 32.5 Å². The Morgan fingerprint density at radius 1 is 1.20 bits per heavy atom. The Kier molecular flexibility index (Phi) is 6.56. The van der Waals surface area contributed by atoms with E-state index in [0.717, 1.165) is 6.07 Å². The van der Waals surface area contributed by atoms with Crippen LogP contribution >= 0.6 is 0 Å². The maximum absolute atomic E-state index is 14.0. The first kappa shape index (κ1) is 17.1. The summed E-state index contributed by atoms with van der Waals surface area (Å²) in [5.74, 6) is -1.02. The summed E-state index contributed by atoms with van der Waals surface area (Å²) in [6.45, 7) is 9.79. The van der Waals surface area contributed by atoms with E-state index < -0.39 is 11.6 Å². The molecule has 20 heavy (non-hydrogen) atoms. The van der Waals surface area contributed by atoms with E-state index in [-0.39, 0.29) is 6.04 Å². The van der Waals surface area contributed by atoms with Gasteiger partial charge in [-0.3, -0.25) is 0 Å². The molecule has 114 valence electrons. The van der Waals surface area contributed by atoms with Gasteiger partial charge in [0.1, 0.15) is 0 Å². The third-order valence-corrected chi connectivity index (χ3v) is 3.94. The van der Waals surface area contributed by atoms with Crippen LogP contribution in [0.2, 0.25) is 0 Å². The van der Waals surface area contributed by atoms with Crippen molar-refractivity contribution in [3.05, 3.63) is 35.4 Å². The molecule has 2 unspecified atom stereocenters. The highest BCUT2D eigenvalue weighted by molar-refractivity contribution is 5.23. The lowest BCUT2D eigenvalue weighted by molar-refractivity contribution is 0.187. The highest BCUT2D eigenvalue weighted by Crippen LogP contribution is 2.21. The van der Waals surface area contributed by atoms with E-state index in [2.05, 4.69) is 31.0 Å². The summed E-state index contributed by atoms with van der Waals surface area (Å²) in [5.41, 5.74) is 0.398. The fourth-order valence-electron chi connectivity index (χ4n) is 2.27. The van der Waals surface area contributed by atoms with Crippen LogP contribution in [0, 0.1) is 17.6 Å². The highest BCUT2D eigenvalue weighted by atomic mass is 19.2. The maximum Gasteiger partial charge on any atom is 0.163 e. The number of halogens is 2. The molecular formula is C16H26F2N2. The van der Waals surface area contributed by atoms with Crippen molar-refractivity contribution < 1.29 is 8.78 Å². The third-order valence-electron chi connectivity index (χ3n) is 3.94. The Morgan fingerprint density at radius 3 is 2.40 bits per heavy atom. The van der Waals surface area contributed by atoms with E-state index in [0.29, 0.717) is 30.6 Å². The van der Waals surface area contributed by atoms with Crippen molar-refractivity contribution in [2.75, 3.05) is 20.1 Å². The molecular weight excluding hydrogens is 258 g/mol. The lowest BCUT2D eigenvalue weighted by Crippen LogP contribution is -2.40. The predicted molar refractivity (Wildman–Crippen MR) is 79.7 cm³/mol. The Morgan fingerprint density at radius 2 is 1.85 bits per heavy atom. The van der Waals surface area contributed by atoms with Crippen molar-refractivity contribution in [1.29, 1.82) is 0 Å². The van der Waals surface area contributed by atoms with E-state index in [4.69, 9.17) is 0 Å². The summed E-state index contributed by atoms with van der Waals surface area (Å²) in [4.78, 5) is 2.18. The van der Waals surface area contributed by atoms with Crippen LogP contribution in [0.3, 0.4) is 0 Å². The molecule has 1 rings (SSSR count). The molecule has 0 aliphatic rings. The Bertz CT molecular complexity index is 421. The Labute approximate surface area is 121 Å². The molecule has 0 fully saturated rings. The van der Waals surface area contributed by atoms with Crippen LogP contribution in [-0.4, -0.2) is 31.1 Å². The smallest absolute Gasteiger partial charge is 0.163 e. The van der Waals surface area contributed by atoms with Crippen molar-refractivity contribution in [3.63, 3.8) is 0 Å². The van der Waals surface area contributed by atoms with E-state index in [9.17, 15) is 8.78 Å². The van der Waals surface area contributed by atoms with Crippen LogP contribution in [0.1, 0.15) is 39.3 Å². The molecule has 0 aliphatic heterocycles. The fraction of sp³-hybridized carbons (Fsp3) is 0.625. The minimum atomic E-state index is -0.787. The van der Waals surface area contributed by atoms with Crippen LogP contribution in [-0.2, 0) is 0 Å². The monoisotopic (exact) mass is 284 g/mol. The van der Waals surface area contributed by atoms with Crippen molar-refractivity contribution in [2.24, 2.45) is 5.92 Å². The number of likely N-dealkylation sites (N-methyl/N-ethyl adjacent to an activating group) is 2. The molecule has 0 saturated heterocycles. The average molecular weight is 284 g/mol. The number of hydrogen-bond acceptors (Lipinski definition) is 2. The molecule has 4 heteroatoms. The number of hydrogen-bond donors (Lipinski definition) is 1. The van der Waals surface area contributed by atoms with Crippen molar-refractivity contribution in [1.82, 2.24) is 10.2 Å². The summed E-state index contributed by atoms with van der Waals surface area (Å²) in [6.07, 6.45) is 0. The molecule has 0 radical (unpaired) electrons. The second kappa shape index (κ2) is 7.70. The van der Waals surface area contributed by atoms with Crippen LogP contribution in [0.15, 0.2) is 18.2 Å². The molecule has 1 aromatic carbocycles. The van der Waals surface area contributed by atoms with Crippen LogP contribution in [0.4, 0.5) is 8.78 Å². The number of benzene rings is 1. The first-order valence-corrected chi connectivity index (χ1v) is 7.26. The summed E-state index contributed by atoms with van der Waals surface area (Å²) >= 11 is 0. The normalized spacial score (nSPS) is 14.8. The second-order valence-electron chi connectivity index (χ2n) is 5.68. The first-order valence-electron chi connectivity index (χ1n) is 7.26. The topological polar surface area (TPSA) is 15.3 Å². The van der Waals surface area contributed by atoms with Crippen molar-refractivity contribution >= 4 is 0 Å². The van der Waals surface area contributed by atoms with Crippen molar-refractivity contribution in [2.45, 2.75) is 39.8 Å². The largest absolute Gasteiger partial charge is 0.309 e. The first-order chi connectivity index (χ1) is 9.38. The average Bonchev–Trinajstić information content (AvgIpc) is 2.40. The zero-order valence-electron chi connectivity index (χ0n) is 13.1. The number of rotatable bonds is 7. The van der Waals surface area contributed by atoms with Crippen LogP contribution in [0.25, 0.3) is 0 Å². The van der Waals surface area contributed by atoms with Gasteiger partial charge in [0.2, 0.25) is 0 Å². The van der Waals surface area contributed by atoms with Gasteiger partial charge >= 0.3 is 0 Å². The molecule has 0 aromatic heterocycles. The van der Waals surface area contributed by atoms with E-state index in [1.165, 1.54) is 0 Å². The minimum Gasteiger partial charge on any atom is -0.309 e. The molecule has 0 heterocycles. The van der Waals surface area contributed by atoms with E-state index in [1.54, 1.807) is 12.1 Å². The SMILES string of the molecule is CCNC(CN(C)C(C)C(C)C)c1cccc(F)c1F. The summed E-state index contributed by atoms with van der Waals surface area (Å²) in [6, 6.07) is 4.54. The zero-order valence-corrected chi connectivity index (χ0v) is 13.1. The van der Waals surface area contributed by atoms with Crippen molar-refractivity contribution in [3.8, 4) is 0 Å². The van der Waals surface area contributed by atoms with Gasteiger partial charge in [-0.2, -0.15) is 0 Å². The zero-order chi connectivity index (χ0) is 15.3. The van der Waals surface area contributed by atoms with Gasteiger partial charge in [0, 0.05) is 24.2 Å². The molecule has 1 aromatic rings. The van der Waals surface area contributed by atoms with E-state index in [1.807, 2.05) is 14.0 Å². The van der Waals surface area contributed by atoms with Crippen LogP contribution in [0.5, 0.6) is 0 Å². The van der Waals surface area contributed by atoms with Gasteiger partial charge in [0.25, 0.3) is 0 Å². The number of nitrogens with zero attached hydrogens (tertiary/aromatic N) is 1. The van der Waals surface area contributed by atoms with Gasteiger partial charge < -0.3 is 10.2 Å². The van der Waals surface area contributed by atoms with Gasteiger partial charge in [-0.25, -0.2) is 8.78 Å². The Hall–Kier alpha value is -1.00. The third kappa shape index (κ3) is 4.25. The molecule has 0 spiro atoms. The summed E-state index contributed by atoms with van der Waals surface area (Å²) < 4.78 is 27.3. The Balaban J connectivity index is 2.91.